The minimum absolute atomic E-state index is 0. The van der Waals surface area contributed by atoms with E-state index in [2.05, 4.69) is 67.6 Å². The van der Waals surface area contributed by atoms with Crippen LogP contribution in [0.15, 0.2) is 60.7 Å². The van der Waals surface area contributed by atoms with Crippen molar-refractivity contribution in [3.8, 4) is 11.1 Å². The van der Waals surface area contributed by atoms with Crippen LogP contribution in [0.4, 0.5) is 0 Å². The minimum atomic E-state index is 0. The first-order valence-corrected chi connectivity index (χ1v) is 5.56. The molecule has 0 nitrogen and oxygen atoms in total. The van der Waals surface area contributed by atoms with Crippen molar-refractivity contribution in [2.45, 2.75) is 6.92 Å². The van der Waals surface area contributed by atoms with Crippen LogP contribution < -0.4 is 0 Å². The van der Waals surface area contributed by atoms with E-state index in [9.17, 15) is 0 Å². The van der Waals surface area contributed by atoms with E-state index in [0.29, 0.717) is 0 Å². The van der Waals surface area contributed by atoms with Crippen LogP contribution in [-0.4, -0.2) is 0 Å². The van der Waals surface area contributed by atoms with E-state index in [1.54, 1.807) is 0 Å². The van der Waals surface area contributed by atoms with Crippen molar-refractivity contribution in [2.24, 2.45) is 0 Å². The summed E-state index contributed by atoms with van der Waals surface area (Å²) in [6.07, 6.45) is 0. The third kappa shape index (κ3) is 2.30. The van der Waals surface area contributed by atoms with Gasteiger partial charge in [0, 0.05) is 26.2 Å². The van der Waals surface area contributed by atoms with Crippen LogP contribution in [0.3, 0.4) is 0 Å². The van der Waals surface area contributed by atoms with Crippen molar-refractivity contribution in [1.82, 2.24) is 0 Å². The molecule has 0 bridgehead atoms. The van der Waals surface area contributed by atoms with Crippen molar-refractivity contribution < 1.29 is 26.2 Å². The van der Waals surface area contributed by atoms with E-state index in [-0.39, 0.29) is 26.2 Å². The van der Waals surface area contributed by atoms with Gasteiger partial charge in [0.25, 0.3) is 0 Å². The fourth-order valence-corrected chi connectivity index (χ4v) is 2.25. The Balaban J connectivity index is 0.00000108. The van der Waals surface area contributed by atoms with Crippen LogP contribution in [-0.2, 0) is 26.2 Å². The van der Waals surface area contributed by atoms with Gasteiger partial charge in [-0.15, -0.1) is 34.5 Å². The summed E-state index contributed by atoms with van der Waals surface area (Å²) in [5.74, 6) is 0. The van der Waals surface area contributed by atoms with Gasteiger partial charge in [-0.3, -0.25) is 0 Å². The first kappa shape index (κ1) is 12.4. The molecule has 0 aliphatic rings. The molecule has 0 saturated heterocycles. The Morgan fingerprint density at radius 1 is 0.882 bits per heavy atom. The average molecular weight is 297 g/mol. The molecule has 0 fully saturated rings. The van der Waals surface area contributed by atoms with Gasteiger partial charge in [-0.2, -0.15) is 6.07 Å². The van der Waals surface area contributed by atoms with Gasteiger partial charge < -0.3 is 0 Å². The molecule has 3 aromatic rings. The SMILES string of the molecule is Cc1cc2c(-c3ccccc3)cccc2[cH-]1.[Zr]. The summed E-state index contributed by atoms with van der Waals surface area (Å²) in [5.41, 5.74) is 3.95. The second kappa shape index (κ2) is 5.06. The number of benzene rings is 2. The standard InChI is InChI=1S/C16H13.Zr/c1-12-10-14-8-5-9-15(16(14)11-12)13-6-3-2-4-7-13;/h2-11H,1H3;/q-1;. The number of fused-ring (bicyclic) bond motifs is 1. The maximum Gasteiger partial charge on any atom is 0 e. The van der Waals surface area contributed by atoms with Gasteiger partial charge >= 0.3 is 0 Å². The Morgan fingerprint density at radius 3 is 2.41 bits per heavy atom. The summed E-state index contributed by atoms with van der Waals surface area (Å²) < 4.78 is 0. The smallest absolute Gasteiger partial charge is 0 e. The quantitative estimate of drug-likeness (QED) is 0.579. The average Bonchev–Trinajstić information content (AvgIpc) is 2.70. The van der Waals surface area contributed by atoms with Gasteiger partial charge in [-0.25, -0.2) is 0 Å². The summed E-state index contributed by atoms with van der Waals surface area (Å²) in [5, 5.41) is 2.69. The topological polar surface area (TPSA) is 0 Å². The Bertz CT molecular complexity index is 620. The molecule has 0 radical (unpaired) electrons. The summed E-state index contributed by atoms with van der Waals surface area (Å²) in [4.78, 5) is 0. The second-order valence-electron chi connectivity index (χ2n) is 4.21. The Morgan fingerprint density at radius 2 is 1.65 bits per heavy atom. The van der Waals surface area contributed by atoms with Gasteiger partial charge in [0.1, 0.15) is 0 Å². The van der Waals surface area contributed by atoms with Crippen molar-refractivity contribution in [1.29, 1.82) is 0 Å². The van der Waals surface area contributed by atoms with Crippen molar-refractivity contribution in [2.75, 3.05) is 0 Å². The number of rotatable bonds is 1. The zero-order valence-corrected chi connectivity index (χ0v) is 12.2. The minimum Gasteiger partial charge on any atom is -0.165 e. The van der Waals surface area contributed by atoms with E-state index < -0.39 is 0 Å². The monoisotopic (exact) mass is 295 g/mol. The molecule has 0 aliphatic carbocycles. The van der Waals surface area contributed by atoms with Gasteiger partial charge in [-0.1, -0.05) is 48.9 Å². The molecule has 17 heavy (non-hydrogen) atoms. The van der Waals surface area contributed by atoms with Crippen LogP contribution in [0.1, 0.15) is 5.56 Å². The van der Waals surface area contributed by atoms with Crippen molar-refractivity contribution in [3.05, 3.63) is 66.2 Å². The summed E-state index contributed by atoms with van der Waals surface area (Å²) in [6.45, 7) is 2.15. The molecular weight excluding hydrogens is 283 g/mol. The van der Waals surface area contributed by atoms with Crippen LogP contribution in [0, 0.1) is 6.92 Å². The first-order valence-electron chi connectivity index (χ1n) is 5.56. The summed E-state index contributed by atoms with van der Waals surface area (Å²) in [7, 11) is 0. The van der Waals surface area contributed by atoms with Crippen LogP contribution in [0.2, 0.25) is 0 Å². The third-order valence-corrected chi connectivity index (χ3v) is 2.98. The molecule has 0 spiro atoms. The van der Waals surface area contributed by atoms with Crippen molar-refractivity contribution in [3.63, 3.8) is 0 Å². The molecule has 0 heterocycles. The first-order chi connectivity index (χ1) is 7.84. The zero-order chi connectivity index (χ0) is 11.0. The van der Waals surface area contributed by atoms with Gasteiger partial charge in [0.05, 0.1) is 0 Å². The Kier molecular flexibility index (Phi) is 3.69. The largest absolute Gasteiger partial charge is 0.165 e. The third-order valence-electron chi connectivity index (χ3n) is 2.98. The van der Waals surface area contributed by atoms with E-state index >= 15 is 0 Å². The van der Waals surface area contributed by atoms with E-state index in [1.807, 2.05) is 0 Å². The molecule has 0 unspecified atom stereocenters. The number of hydrogen-bond acceptors (Lipinski definition) is 0. The number of hydrogen-bond donors (Lipinski definition) is 0. The normalized spacial score (nSPS) is 10.2. The van der Waals surface area contributed by atoms with E-state index in [4.69, 9.17) is 0 Å². The molecule has 82 valence electrons. The maximum atomic E-state index is 2.26. The molecule has 0 N–H and O–H groups in total. The fraction of sp³-hybridized carbons (Fsp3) is 0.0625. The molecule has 3 aromatic carbocycles. The van der Waals surface area contributed by atoms with Crippen LogP contribution in [0.5, 0.6) is 0 Å². The van der Waals surface area contributed by atoms with Crippen molar-refractivity contribution >= 4 is 10.8 Å². The summed E-state index contributed by atoms with van der Waals surface area (Å²) in [6, 6.07) is 21.6. The molecule has 0 aliphatic heterocycles. The molecule has 0 aromatic heterocycles. The number of aryl methyl sites for hydroxylation is 1. The molecule has 3 rings (SSSR count). The predicted molar refractivity (Wildman–Crippen MR) is 69.7 cm³/mol. The van der Waals surface area contributed by atoms with Gasteiger partial charge in [0.2, 0.25) is 0 Å². The van der Waals surface area contributed by atoms with Crippen LogP contribution in [0.25, 0.3) is 21.9 Å². The zero-order valence-electron chi connectivity index (χ0n) is 9.77. The second-order valence-corrected chi connectivity index (χ2v) is 4.21. The van der Waals surface area contributed by atoms with Gasteiger partial charge in [-0.05, 0) is 5.56 Å². The molecule has 0 amide bonds. The van der Waals surface area contributed by atoms with E-state index in [1.165, 1.54) is 27.5 Å². The Hall–Kier alpha value is -1.07. The van der Waals surface area contributed by atoms with E-state index in [0.717, 1.165) is 0 Å². The molecule has 1 heteroatoms. The fourth-order valence-electron chi connectivity index (χ4n) is 2.25. The molecular formula is C16H13Zr-. The summed E-state index contributed by atoms with van der Waals surface area (Å²) >= 11 is 0. The maximum absolute atomic E-state index is 2.26. The predicted octanol–water partition coefficient (Wildman–Crippen LogP) is 4.53. The Labute approximate surface area is 121 Å². The molecule has 0 saturated carbocycles. The van der Waals surface area contributed by atoms with Crippen LogP contribution >= 0.6 is 0 Å². The van der Waals surface area contributed by atoms with Gasteiger partial charge in [0.15, 0.2) is 0 Å². The molecule has 0 atom stereocenters.